The highest BCUT2D eigenvalue weighted by molar-refractivity contribution is 5.93. The Labute approximate surface area is 179 Å². The van der Waals surface area contributed by atoms with Gasteiger partial charge in [0, 0.05) is 25.7 Å². The Morgan fingerprint density at radius 1 is 1.03 bits per heavy atom. The molecule has 160 valence electrons. The van der Waals surface area contributed by atoms with Crippen molar-refractivity contribution in [2.45, 2.75) is 50.7 Å². The summed E-state index contributed by atoms with van der Waals surface area (Å²) in [5.74, 6) is 0.634. The largest absolute Gasteiger partial charge is 0.472 e. The molecule has 3 heterocycles. The zero-order valence-corrected chi connectivity index (χ0v) is 17.7. The molecule has 5 nitrogen and oxygen atoms in total. The van der Waals surface area contributed by atoms with Crippen LogP contribution in [0.1, 0.15) is 47.2 Å². The smallest absolute Gasteiger partial charge is 0.257 e. The van der Waals surface area contributed by atoms with Crippen molar-refractivity contribution in [2.24, 2.45) is 5.92 Å². The van der Waals surface area contributed by atoms with Crippen molar-refractivity contribution in [3.8, 4) is 0 Å². The van der Waals surface area contributed by atoms with Crippen molar-refractivity contribution in [2.75, 3.05) is 32.8 Å². The number of rotatable bonds is 6. The molecule has 1 atom stereocenters. The number of likely N-dealkylation sites (tertiary alicyclic amines) is 1. The van der Waals surface area contributed by atoms with Crippen LogP contribution in [0.5, 0.6) is 0 Å². The van der Waals surface area contributed by atoms with Crippen LogP contribution in [0, 0.1) is 5.92 Å². The van der Waals surface area contributed by atoms with Crippen molar-refractivity contribution in [3.05, 3.63) is 59.5 Å². The fourth-order valence-corrected chi connectivity index (χ4v) is 5.45. The maximum Gasteiger partial charge on any atom is 0.257 e. The molecule has 1 aromatic heterocycles. The summed E-state index contributed by atoms with van der Waals surface area (Å²) in [6, 6.07) is 11.3. The molecule has 2 fully saturated rings. The Hall–Kier alpha value is -2.11. The average molecular weight is 409 g/mol. The third-order valence-corrected chi connectivity index (χ3v) is 7.18. The fraction of sp³-hybridized carbons (Fsp3) is 0.560. The van der Waals surface area contributed by atoms with E-state index >= 15 is 0 Å². The van der Waals surface area contributed by atoms with Gasteiger partial charge in [-0.3, -0.25) is 9.69 Å². The van der Waals surface area contributed by atoms with E-state index in [1.54, 1.807) is 18.6 Å². The number of nitrogens with zero attached hydrogens (tertiary/aromatic N) is 2. The van der Waals surface area contributed by atoms with E-state index in [4.69, 9.17) is 9.15 Å². The lowest BCUT2D eigenvalue weighted by molar-refractivity contribution is 0.0429. The summed E-state index contributed by atoms with van der Waals surface area (Å²) >= 11 is 0. The van der Waals surface area contributed by atoms with Gasteiger partial charge in [0.1, 0.15) is 6.26 Å². The first-order valence-electron chi connectivity index (χ1n) is 11.5. The van der Waals surface area contributed by atoms with Crippen LogP contribution in [0.4, 0.5) is 0 Å². The summed E-state index contributed by atoms with van der Waals surface area (Å²) in [6.45, 7) is 4.61. The number of ether oxygens (including phenoxy) is 1. The van der Waals surface area contributed by atoms with Gasteiger partial charge in [-0.05, 0) is 74.7 Å². The van der Waals surface area contributed by atoms with Crippen LogP contribution < -0.4 is 0 Å². The molecule has 1 aromatic carbocycles. The highest BCUT2D eigenvalue weighted by Crippen LogP contribution is 2.29. The molecular formula is C25H32N2O3. The molecule has 2 aliphatic heterocycles. The number of furan rings is 1. The SMILES string of the molecule is O=C(c1ccoc1)N(CC1CCN(C2Cc3ccccc3C2)CC1)C[C@@H]1CCCO1. The number of amides is 1. The second-order valence-corrected chi connectivity index (χ2v) is 9.17. The predicted molar refractivity (Wildman–Crippen MR) is 116 cm³/mol. The molecule has 5 heteroatoms. The van der Waals surface area contributed by atoms with Gasteiger partial charge < -0.3 is 14.1 Å². The Kier molecular flexibility index (Phi) is 5.91. The van der Waals surface area contributed by atoms with Crippen LogP contribution in [0.25, 0.3) is 0 Å². The molecule has 2 aromatic rings. The molecular weight excluding hydrogens is 376 g/mol. The van der Waals surface area contributed by atoms with Gasteiger partial charge in [-0.15, -0.1) is 0 Å². The van der Waals surface area contributed by atoms with Crippen LogP contribution in [-0.2, 0) is 17.6 Å². The van der Waals surface area contributed by atoms with E-state index in [0.29, 0.717) is 24.1 Å². The van der Waals surface area contributed by atoms with Gasteiger partial charge in [0.2, 0.25) is 0 Å². The summed E-state index contributed by atoms with van der Waals surface area (Å²) in [4.78, 5) is 17.8. The van der Waals surface area contributed by atoms with E-state index in [-0.39, 0.29) is 12.0 Å². The molecule has 5 rings (SSSR count). The van der Waals surface area contributed by atoms with Crippen LogP contribution in [0.15, 0.2) is 47.3 Å². The van der Waals surface area contributed by atoms with E-state index in [1.807, 2.05) is 4.90 Å². The summed E-state index contributed by atoms with van der Waals surface area (Å²) in [7, 11) is 0. The number of benzene rings is 1. The van der Waals surface area contributed by atoms with Crippen molar-refractivity contribution < 1.29 is 13.9 Å². The van der Waals surface area contributed by atoms with E-state index in [0.717, 1.165) is 51.9 Å². The van der Waals surface area contributed by atoms with E-state index < -0.39 is 0 Å². The summed E-state index contributed by atoms with van der Waals surface area (Å²) in [5, 5.41) is 0. The quantitative estimate of drug-likeness (QED) is 0.730. The van der Waals surface area contributed by atoms with Crippen molar-refractivity contribution in [1.82, 2.24) is 9.80 Å². The molecule has 1 amide bonds. The Morgan fingerprint density at radius 3 is 2.43 bits per heavy atom. The zero-order chi connectivity index (χ0) is 20.3. The second-order valence-electron chi connectivity index (χ2n) is 9.17. The number of piperidine rings is 1. The lowest BCUT2D eigenvalue weighted by Crippen LogP contribution is -2.46. The first-order chi connectivity index (χ1) is 14.8. The Bertz CT molecular complexity index is 811. The lowest BCUT2D eigenvalue weighted by atomic mass is 9.94. The molecule has 0 N–H and O–H groups in total. The zero-order valence-electron chi connectivity index (χ0n) is 17.7. The summed E-state index contributed by atoms with van der Waals surface area (Å²) in [5.41, 5.74) is 3.70. The molecule has 3 aliphatic rings. The number of fused-ring (bicyclic) bond motifs is 1. The predicted octanol–water partition coefficient (Wildman–Crippen LogP) is 3.78. The van der Waals surface area contributed by atoms with Crippen LogP contribution in [-0.4, -0.2) is 60.6 Å². The van der Waals surface area contributed by atoms with Crippen molar-refractivity contribution in [3.63, 3.8) is 0 Å². The van der Waals surface area contributed by atoms with Gasteiger partial charge in [-0.1, -0.05) is 24.3 Å². The standard InChI is InChI=1S/C25H32N2O3/c28-25(22-9-13-29-18-22)27(17-24-6-3-12-30-24)16-19-7-10-26(11-8-19)23-14-20-4-1-2-5-21(20)15-23/h1-2,4-5,9,13,18-19,23-24H,3,6-8,10-12,14-17H2/t24-/m0/s1. The van der Waals surface area contributed by atoms with Crippen molar-refractivity contribution in [1.29, 1.82) is 0 Å². The fourth-order valence-electron chi connectivity index (χ4n) is 5.45. The third kappa shape index (κ3) is 4.33. The summed E-state index contributed by atoms with van der Waals surface area (Å²) < 4.78 is 11.0. The summed E-state index contributed by atoms with van der Waals surface area (Å²) in [6.07, 6.45) is 10.2. The minimum atomic E-state index is 0.0768. The van der Waals surface area contributed by atoms with Gasteiger partial charge in [0.15, 0.2) is 0 Å². The van der Waals surface area contributed by atoms with E-state index in [9.17, 15) is 4.79 Å². The van der Waals surface area contributed by atoms with Crippen molar-refractivity contribution >= 4 is 5.91 Å². The Morgan fingerprint density at radius 2 is 1.80 bits per heavy atom. The first kappa shape index (κ1) is 19.8. The molecule has 0 bridgehead atoms. The lowest BCUT2D eigenvalue weighted by Gasteiger charge is -2.38. The molecule has 0 radical (unpaired) electrons. The second kappa shape index (κ2) is 8.94. The average Bonchev–Trinajstić information content (AvgIpc) is 3.54. The topological polar surface area (TPSA) is 45.9 Å². The van der Waals surface area contributed by atoms with Gasteiger partial charge in [-0.25, -0.2) is 0 Å². The van der Waals surface area contributed by atoms with Gasteiger partial charge in [-0.2, -0.15) is 0 Å². The molecule has 0 unspecified atom stereocenters. The Balaban J connectivity index is 1.17. The molecule has 1 aliphatic carbocycles. The van der Waals surface area contributed by atoms with Gasteiger partial charge in [0.25, 0.3) is 5.91 Å². The highest BCUT2D eigenvalue weighted by Gasteiger charge is 2.32. The monoisotopic (exact) mass is 408 g/mol. The van der Waals surface area contributed by atoms with E-state index in [1.165, 1.54) is 24.0 Å². The molecule has 0 spiro atoms. The minimum absolute atomic E-state index is 0.0768. The van der Waals surface area contributed by atoms with Gasteiger partial charge >= 0.3 is 0 Å². The maximum atomic E-state index is 13.1. The van der Waals surface area contributed by atoms with Crippen LogP contribution in [0.2, 0.25) is 0 Å². The maximum absolute atomic E-state index is 13.1. The third-order valence-electron chi connectivity index (χ3n) is 7.18. The van der Waals surface area contributed by atoms with Crippen LogP contribution in [0.3, 0.4) is 0 Å². The first-order valence-corrected chi connectivity index (χ1v) is 11.5. The number of hydrogen-bond acceptors (Lipinski definition) is 4. The van der Waals surface area contributed by atoms with E-state index in [2.05, 4.69) is 29.2 Å². The number of carbonyl (C=O) groups excluding carboxylic acids is 1. The number of carbonyl (C=O) groups is 1. The normalized spacial score (nSPS) is 23.0. The molecule has 30 heavy (non-hydrogen) atoms. The molecule has 2 saturated heterocycles. The van der Waals surface area contributed by atoms with Crippen LogP contribution >= 0.6 is 0 Å². The highest BCUT2D eigenvalue weighted by atomic mass is 16.5. The number of hydrogen-bond donors (Lipinski definition) is 0. The minimum Gasteiger partial charge on any atom is -0.472 e. The molecule has 0 saturated carbocycles. The van der Waals surface area contributed by atoms with Gasteiger partial charge in [0.05, 0.1) is 17.9 Å².